The first kappa shape index (κ1) is 39.6. The number of para-hydroxylation sites is 3. The highest BCUT2D eigenvalue weighted by molar-refractivity contribution is 6.13. The molecule has 68 heavy (non-hydrogen) atoms. The molecule has 0 aromatic heterocycles. The van der Waals surface area contributed by atoms with Gasteiger partial charge in [-0.25, -0.2) is 0 Å². The van der Waals surface area contributed by atoms with Crippen molar-refractivity contribution in [3.05, 3.63) is 300 Å². The maximum absolute atomic E-state index is 5.41. The molecule has 1 N–H and O–H groups in total. The monoisotopic (exact) mass is 867 g/mol. The first-order valence-electron chi connectivity index (χ1n) is 23.5. The Hall–Kier alpha value is -8.79. The summed E-state index contributed by atoms with van der Waals surface area (Å²) in [6.07, 6.45) is 1.88. The summed E-state index contributed by atoms with van der Waals surface area (Å²) < 4.78 is 0. The summed E-state index contributed by atoms with van der Waals surface area (Å²) >= 11 is 0. The summed E-state index contributed by atoms with van der Waals surface area (Å²) in [4.78, 5) is 7.85. The zero-order valence-electron chi connectivity index (χ0n) is 37.3. The second-order valence-electron chi connectivity index (χ2n) is 17.9. The Morgan fingerprint density at radius 2 is 0.838 bits per heavy atom. The molecule has 0 saturated carbocycles. The fourth-order valence-electron chi connectivity index (χ4n) is 11.1. The fourth-order valence-corrected chi connectivity index (χ4v) is 11.1. The molecule has 2 heterocycles. The average Bonchev–Trinajstić information content (AvgIpc) is 3.71. The van der Waals surface area contributed by atoms with Crippen LogP contribution in [0.5, 0.6) is 0 Å². The first-order chi connectivity index (χ1) is 33.7. The summed E-state index contributed by atoms with van der Waals surface area (Å²) in [5.41, 5.74) is 23.1. The van der Waals surface area contributed by atoms with Crippen LogP contribution >= 0.6 is 0 Å². The van der Waals surface area contributed by atoms with Crippen LogP contribution in [0, 0.1) is 0 Å². The second kappa shape index (κ2) is 16.3. The highest BCUT2D eigenvalue weighted by atomic mass is 15.2. The second-order valence-corrected chi connectivity index (χ2v) is 17.9. The maximum atomic E-state index is 5.41. The standard InChI is InChI=1S/C65H45N3/c1-4-19-44(20-5-1)45-35-37-47(38-36-45)61-43-60(46-21-6-2-7-22-46)66-64(67-61)50-24-18-23-48(41-50)52-27-10-11-28-53(52)49-39-40-55-54-29-12-13-30-56(54)65(59(55)42-49)57-31-14-16-33-62(57)68(51-25-8-3-9-26-51)63-34-17-15-32-58(63)65/h1-43,64,66H. The van der Waals surface area contributed by atoms with E-state index in [1.54, 1.807) is 0 Å². The molecule has 0 fully saturated rings. The van der Waals surface area contributed by atoms with Gasteiger partial charge in [-0.1, -0.05) is 218 Å². The molecule has 3 heteroatoms. The molecule has 1 spiro atoms. The molecule has 1 unspecified atom stereocenters. The van der Waals surface area contributed by atoms with Gasteiger partial charge in [0.2, 0.25) is 0 Å². The number of aliphatic imine (C=N–C) groups is 1. The minimum Gasteiger partial charge on any atom is -0.360 e. The number of nitrogens with one attached hydrogen (secondary N) is 1. The number of allylic oxidation sites excluding steroid dienone is 1. The van der Waals surface area contributed by atoms with Crippen LogP contribution in [0.2, 0.25) is 0 Å². The summed E-state index contributed by atoms with van der Waals surface area (Å²) in [5.74, 6) is 0. The summed E-state index contributed by atoms with van der Waals surface area (Å²) in [7, 11) is 0. The molecule has 0 bridgehead atoms. The van der Waals surface area contributed by atoms with Crippen molar-refractivity contribution in [2.75, 3.05) is 4.90 Å². The Morgan fingerprint density at radius 1 is 0.353 bits per heavy atom. The van der Waals surface area contributed by atoms with Crippen molar-refractivity contribution >= 4 is 28.5 Å². The molecular formula is C65H45N3. The highest BCUT2D eigenvalue weighted by Crippen LogP contribution is 2.63. The lowest BCUT2D eigenvalue weighted by Gasteiger charge is -2.45. The van der Waals surface area contributed by atoms with Gasteiger partial charge in [0.1, 0.15) is 6.17 Å². The molecule has 1 aliphatic carbocycles. The van der Waals surface area contributed by atoms with E-state index in [9.17, 15) is 0 Å². The van der Waals surface area contributed by atoms with Crippen LogP contribution in [0.25, 0.3) is 50.2 Å². The smallest absolute Gasteiger partial charge is 0.145 e. The maximum Gasteiger partial charge on any atom is 0.145 e. The average molecular weight is 868 g/mol. The van der Waals surface area contributed by atoms with Crippen LogP contribution in [0.1, 0.15) is 45.1 Å². The van der Waals surface area contributed by atoms with Crippen molar-refractivity contribution in [3.63, 3.8) is 0 Å². The van der Waals surface area contributed by atoms with Gasteiger partial charge in [0, 0.05) is 11.4 Å². The molecule has 1 atom stereocenters. The highest BCUT2D eigenvalue weighted by Gasteiger charge is 2.51. The van der Waals surface area contributed by atoms with E-state index in [1.165, 1.54) is 72.6 Å². The van der Waals surface area contributed by atoms with Gasteiger partial charge in [-0.2, -0.15) is 0 Å². The zero-order chi connectivity index (χ0) is 45.0. The van der Waals surface area contributed by atoms with Gasteiger partial charge in [-0.05, 0) is 126 Å². The lowest BCUT2D eigenvalue weighted by atomic mass is 9.64. The van der Waals surface area contributed by atoms with Crippen molar-refractivity contribution in [1.82, 2.24) is 5.32 Å². The quantitative estimate of drug-likeness (QED) is 0.173. The number of nitrogens with zero attached hydrogens (tertiary/aromatic N) is 2. The van der Waals surface area contributed by atoms with E-state index in [-0.39, 0.29) is 6.17 Å². The van der Waals surface area contributed by atoms with E-state index in [2.05, 4.69) is 271 Å². The van der Waals surface area contributed by atoms with Gasteiger partial charge in [0.25, 0.3) is 0 Å². The lowest BCUT2D eigenvalue weighted by Crippen LogP contribution is -2.36. The third-order valence-electron chi connectivity index (χ3n) is 14.1. The van der Waals surface area contributed by atoms with Gasteiger partial charge in [0.15, 0.2) is 0 Å². The molecular weight excluding hydrogens is 823 g/mol. The minimum atomic E-state index is -0.538. The number of benzene rings is 10. The number of hydrogen-bond acceptors (Lipinski definition) is 3. The van der Waals surface area contributed by atoms with Crippen molar-refractivity contribution in [3.8, 4) is 44.5 Å². The molecule has 10 aromatic carbocycles. The van der Waals surface area contributed by atoms with Crippen LogP contribution in [-0.2, 0) is 5.41 Å². The van der Waals surface area contributed by atoms with Crippen LogP contribution in [0.3, 0.4) is 0 Å². The Bertz CT molecular complexity index is 3540. The van der Waals surface area contributed by atoms with Crippen molar-refractivity contribution in [2.45, 2.75) is 11.6 Å². The molecule has 320 valence electrons. The van der Waals surface area contributed by atoms with Crippen LogP contribution in [0.15, 0.2) is 266 Å². The molecule has 10 aromatic rings. The van der Waals surface area contributed by atoms with Crippen LogP contribution in [-0.4, -0.2) is 5.71 Å². The van der Waals surface area contributed by atoms with E-state index in [0.717, 1.165) is 39.3 Å². The number of fused-ring (bicyclic) bond motifs is 9. The van der Waals surface area contributed by atoms with Gasteiger partial charge in [0.05, 0.1) is 22.5 Å². The van der Waals surface area contributed by atoms with Gasteiger partial charge < -0.3 is 10.2 Å². The van der Waals surface area contributed by atoms with E-state index in [4.69, 9.17) is 4.99 Å². The van der Waals surface area contributed by atoms with Crippen molar-refractivity contribution in [1.29, 1.82) is 0 Å². The first-order valence-corrected chi connectivity index (χ1v) is 23.5. The molecule has 3 nitrogen and oxygen atoms in total. The SMILES string of the molecule is C1=C(c2ccccc2)NC(c2cccc(-c3ccccc3-c3ccc4c(c3)C3(c5ccccc5-4)c4ccccc4N(c4ccccc4)c4ccccc43)c2)N=C1c1ccc(-c2ccccc2)cc1. The molecule has 3 aliphatic rings. The van der Waals surface area contributed by atoms with Crippen molar-refractivity contribution < 1.29 is 0 Å². The number of rotatable bonds is 7. The van der Waals surface area contributed by atoms with E-state index in [1.807, 2.05) is 0 Å². The summed E-state index contributed by atoms with van der Waals surface area (Å²) in [6, 6.07) is 92.8. The molecule has 2 aliphatic heterocycles. The molecule has 13 rings (SSSR count). The third-order valence-corrected chi connectivity index (χ3v) is 14.1. The minimum absolute atomic E-state index is 0.300. The normalized spacial score (nSPS) is 15.0. The number of hydrogen-bond donors (Lipinski definition) is 1. The largest absolute Gasteiger partial charge is 0.360 e. The Kier molecular flexibility index (Phi) is 9.47. The lowest BCUT2D eigenvalue weighted by molar-refractivity contribution is 0.664. The predicted octanol–water partition coefficient (Wildman–Crippen LogP) is 16.0. The van der Waals surface area contributed by atoms with E-state index < -0.39 is 5.41 Å². The Labute approximate surface area is 397 Å². The van der Waals surface area contributed by atoms with E-state index >= 15 is 0 Å². The van der Waals surface area contributed by atoms with Gasteiger partial charge in [-0.15, -0.1) is 0 Å². The third kappa shape index (κ3) is 6.39. The predicted molar refractivity (Wildman–Crippen MR) is 282 cm³/mol. The molecule has 0 saturated heterocycles. The van der Waals surface area contributed by atoms with Crippen LogP contribution < -0.4 is 10.2 Å². The summed E-state index contributed by atoms with van der Waals surface area (Å²) in [6.45, 7) is 0. The number of anilines is 3. The Balaban J connectivity index is 0.926. The van der Waals surface area contributed by atoms with Gasteiger partial charge >= 0.3 is 0 Å². The van der Waals surface area contributed by atoms with Gasteiger partial charge in [-0.3, -0.25) is 4.99 Å². The molecule has 0 amide bonds. The van der Waals surface area contributed by atoms with Crippen LogP contribution in [0.4, 0.5) is 17.1 Å². The Morgan fingerprint density at radius 3 is 1.51 bits per heavy atom. The summed E-state index contributed by atoms with van der Waals surface area (Å²) in [5, 5.41) is 3.82. The van der Waals surface area contributed by atoms with E-state index in [0.29, 0.717) is 0 Å². The topological polar surface area (TPSA) is 27.6 Å². The molecule has 0 radical (unpaired) electrons. The van der Waals surface area contributed by atoms with Crippen molar-refractivity contribution in [2.24, 2.45) is 4.99 Å². The zero-order valence-corrected chi connectivity index (χ0v) is 37.3. The fraction of sp³-hybridized carbons (Fsp3) is 0.0308.